The van der Waals surface area contributed by atoms with Gasteiger partial charge in [0.25, 0.3) is 0 Å². The molecule has 1 fully saturated rings. The summed E-state index contributed by atoms with van der Waals surface area (Å²) >= 11 is 1.76. The molecule has 2 aromatic rings. The minimum atomic E-state index is 0.537. The van der Waals surface area contributed by atoms with Gasteiger partial charge in [0, 0.05) is 23.3 Å². The zero-order valence-electron chi connectivity index (χ0n) is 16.3. The minimum Gasteiger partial charge on any atom is -0.328 e. The maximum Gasteiger partial charge on any atom is 0.227 e. The summed E-state index contributed by atoms with van der Waals surface area (Å²) in [5.41, 5.74) is 4.48. The molecule has 1 aliphatic carbocycles. The van der Waals surface area contributed by atoms with E-state index in [1.807, 2.05) is 12.3 Å². The average Bonchev–Trinajstić information content (AvgIpc) is 3.25. The molecule has 5 nitrogen and oxygen atoms in total. The van der Waals surface area contributed by atoms with Crippen molar-refractivity contribution in [2.24, 2.45) is 5.92 Å². The van der Waals surface area contributed by atoms with Crippen LogP contribution in [0.3, 0.4) is 0 Å². The molecule has 0 radical (unpaired) electrons. The predicted octanol–water partition coefficient (Wildman–Crippen LogP) is 4.79. The lowest BCUT2D eigenvalue weighted by atomic mass is 9.96. The average molecular weight is 382 g/mol. The Hall–Kier alpha value is -2.05. The Bertz CT molecular complexity index is 876. The van der Waals surface area contributed by atoms with Gasteiger partial charge >= 0.3 is 0 Å². The van der Waals surface area contributed by atoms with Crippen LogP contribution in [0, 0.1) is 12.8 Å². The molecule has 2 aliphatic rings. The molecule has 27 heavy (non-hydrogen) atoms. The van der Waals surface area contributed by atoms with E-state index in [4.69, 9.17) is 9.97 Å². The first-order valence-corrected chi connectivity index (χ1v) is 10.6. The van der Waals surface area contributed by atoms with E-state index in [1.54, 1.807) is 11.3 Å². The van der Waals surface area contributed by atoms with Crippen LogP contribution in [0.25, 0.3) is 10.7 Å². The summed E-state index contributed by atoms with van der Waals surface area (Å²) in [6.45, 7) is 9.89. The van der Waals surface area contributed by atoms with E-state index in [2.05, 4.69) is 48.1 Å². The van der Waals surface area contributed by atoms with Gasteiger partial charge in [-0.25, -0.2) is 15.0 Å². The molecule has 4 rings (SSSR count). The second-order valence-electron chi connectivity index (χ2n) is 7.66. The van der Waals surface area contributed by atoms with Crippen molar-refractivity contribution in [2.45, 2.75) is 46.6 Å². The van der Waals surface area contributed by atoms with Gasteiger partial charge in [-0.1, -0.05) is 18.6 Å². The van der Waals surface area contributed by atoms with E-state index in [0.29, 0.717) is 11.9 Å². The number of likely N-dealkylation sites (tertiary alicyclic amines) is 1. The highest BCUT2D eigenvalue weighted by Gasteiger charge is 2.17. The lowest BCUT2D eigenvalue weighted by Crippen LogP contribution is -2.18. The smallest absolute Gasteiger partial charge is 0.227 e. The third-order valence-electron chi connectivity index (χ3n) is 5.10. The SMILES string of the molecule is CC1=CC(C)CC(Nc2nccc(-c3nc(C)c(CN4CCCC4)s3)n2)=C1. The Morgan fingerprint density at radius 3 is 2.81 bits per heavy atom. The van der Waals surface area contributed by atoms with Crippen LogP contribution in [-0.2, 0) is 6.54 Å². The molecule has 0 spiro atoms. The maximum absolute atomic E-state index is 4.79. The van der Waals surface area contributed by atoms with Crippen LogP contribution in [-0.4, -0.2) is 32.9 Å². The van der Waals surface area contributed by atoms with E-state index in [9.17, 15) is 0 Å². The second kappa shape index (κ2) is 7.90. The Morgan fingerprint density at radius 1 is 1.22 bits per heavy atom. The predicted molar refractivity (Wildman–Crippen MR) is 112 cm³/mol. The molecule has 2 aromatic heterocycles. The number of aromatic nitrogens is 3. The standard InChI is InChI=1S/C21H27N5S/c1-14-10-15(2)12-17(11-14)24-21-22-7-6-18(25-21)20-23-16(3)19(27-20)13-26-8-4-5-9-26/h6-7,10-11,15H,4-5,8-9,12-13H2,1-3H3,(H,22,24,25). The van der Waals surface area contributed by atoms with Crippen LogP contribution < -0.4 is 5.32 Å². The second-order valence-corrected chi connectivity index (χ2v) is 8.75. The quantitative estimate of drug-likeness (QED) is 0.807. The summed E-state index contributed by atoms with van der Waals surface area (Å²) in [6.07, 6.45) is 9.91. The first-order chi connectivity index (χ1) is 13.1. The fraction of sp³-hybridized carbons (Fsp3) is 0.476. The summed E-state index contributed by atoms with van der Waals surface area (Å²) in [4.78, 5) is 17.8. The molecule has 6 heteroatoms. The van der Waals surface area contributed by atoms with Crippen molar-refractivity contribution in [2.75, 3.05) is 18.4 Å². The number of hydrogen-bond acceptors (Lipinski definition) is 6. The minimum absolute atomic E-state index is 0.537. The summed E-state index contributed by atoms with van der Waals surface area (Å²) in [7, 11) is 0. The molecular formula is C21H27N5S. The zero-order valence-corrected chi connectivity index (χ0v) is 17.1. The topological polar surface area (TPSA) is 53.9 Å². The van der Waals surface area contributed by atoms with Crippen LogP contribution in [0.5, 0.6) is 0 Å². The summed E-state index contributed by atoms with van der Waals surface area (Å²) in [5, 5.41) is 4.38. The number of rotatable bonds is 5. The zero-order chi connectivity index (χ0) is 18.8. The molecule has 1 aliphatic heterocycles. The van der Waals surface area contributed by atoms with Gasteiger partial charge in [-0.3, -0.25) is 4.90 Å². The van der Waals surface area contributed by atoms with Gasteiger partial charge in [0.2, 0.25) is 5.95 Å². The van der Waals surface area contributed by atoms with Crippen molar-refractivity contribution in [3.8, 4) is 10.7 Å². The van der Waals surface area contributed by atoms with E-state index in [0.717, 1.165) is 29.4 Å². The Balaban J connectivity index is 1.51. The largest absolute Gasteiger partial charge is 0.328 e. The first kappa shape index (κ1) is 18.3. The summed E-state index contributed by atoms with van der Waals surface area (Å²) in [6, 6.07) is 1.95. The summed E-state index contributed by atoms with van der Waals surface area (Å²) < 4.78 is 0. The maximum atomic E-state index is 4.79. The Morgan fingerprint density at radius 2 is 2.04 bits per heavy atom. The molecule has 1 saturated heterocycles. The highest BCUT2D eigenvalue weighted by Crippen LogP contribution is 2.29. The third-order valence-corrected chi connectivity index (χ3v) is 6.26. The van der Waals surface area contributed by atoms with E-state index in [1.165, 1.54) is 42.1 Å². The van der Waals surface area contributed by atoms with Gasteiger partial charge in [0.15, 0.2) is 0 Å². The van der Waals surface area contributed by atoms with E-state index in [-0.39, 0.29) is 0 Å². The van der Waals surface area contributed by atoms with Gasteiger partial charge < -0.3 is 5.32 Å². The Labute approximate surface area is 165 Å². The number of nitrogens with one attached hydrogen (secondary N) is 1. The number of thiazole rings is 1. The molecule has 1 N–H and O–H groups in total. The molecular weight excluding hydrogens is 354 g/mol. The van der Waals surface area contributed by atoms with Crippen molar-refractivity contribution in [1.29, 1.82) is 0 Å². The molecule has 0 aromatic carbocycles. The number of anilines is 1. The molecule has 1 atom stereocenters. The summed E-state index contributed by atoms with van der Waals surface area (Å²) in [5.74, 6) is 1.19. The van der Waals surface area contributed by atoms with E-state index < -0.39 is 0 Å². The van der Waals surface area contributed by atoms with Crippen molar-refractivity contribution in [1.82, 2.24) is 19.9 Å². The highest BCUT2D eigenvalue weighted by molar-refractivity contribution is 7.15. The lowest BCUT2D eigenvalue weighted by Gasteiger charge is -2.18. The molecule has 3 heterocycles. The number of hydrogen-bond donors (Lipinski definition) is 1. The van der Waals surface area contributed by atoms with Crippen LogP contribution in [0.2, 0.25) is 0 Å². The van der Waals surface area contributed by atoms with Gasteiger partial charge in [0.1, 0.15) is 10.7 Å². The van der Waals surface area contributed by atoms with Crippen molar-refractivity contribution in [3.05, 3.63) is 46.3 Å². The molecule has 0 amide bonds. The van der Waals surface area contributed by atoms with Crippen LogP contribution in [0.4, 0.5) is 5.95 Å². The van der Waals surface area contributed by atoms with Crippen LogP contribution in [0.15, 0.2) is 35.7 Å². The van der Waals surface area contributed by atoms with Gasteiger partial charge in [-0.05, 0) is 64.3 Å². The Kier molecular flexibility index (Phi) is 5.36. The highest BCUT2D eigenvalue weighted by atomic mass is 32.1. The van der Waals surface area contributed by atoms with Crippen molar-refractivity contribution >= 4 is 17.3 Å². The monoisotopic (exact) mass is 381 g/mol. The fourth-order valence-electron chi connectivity index (χ4n) is 3.83. The van der Waals surface area contributed by atoms with Crippen LogP contribution >= 0.6 is 11.3 Å². The van der Waals surface area contributed by atoms with Crippen molar-refractivity contribution < 1.29 is 0 Å². The lowest BCUT2D eigenvalue weighted by molar-refractivity contribution is 0.333. The molecule has 142 valence electrons. The number of aryl methyl sites for hydroxylation is 1. The van der Waals surface area contributed by atoms with Crippen LogP contribution in [0.1, 0.15) is 43.7 Å². The molecule has 0 saturated carbocycles. The number of nitrogens with zero attached hydrogens (tertiary/aromatic N) is 4. The molecule has 1 unspecified atom stereocenters. The van der Waals surface area contributed by atoms with Gasteiger partial charge in [0.05, 0.1) is 5.69 Å². The van der Waals surface area contributed by atoms with Crippen molar-refractivity contribution in [3.63, 3.8) is 0 Å². The van der Waals surface area contributed by atoms with Gasteiger partial charge in [-0.2, -0.15) is 0 Å². The normalized spacial score (nSPS) is 20.5. The van der Waals surface area contributed by atoms with E-state index >= 15 is 0 Å². The number of allylic oxidation sites excluding steroid dienone is 4. The third kappa shape index (κ3) is 4.45. The first-order valence-electron chi connectivity index (χ1n) is 9.75. The van der Waals surface area contributed by atoms with Gasteiger partial charge in [-0.15, -0.1) is 11.3 Å². The molecule has 0 bridgehead atoms. The fourth-order valence-corrected chi connectivity index (χ4v) is 4.91.